The number of aryl methyl sites for hydroxylation is 1. The summed E-state index contributed by atoms with van der Waals surface area (Å²) < 4.78 is 7.07. The van der Waals surface area contributed by atoms with Crippen LogP contribution in [0.5, 0.6) is 11.5 Å². The highest BCUT2D eigenvalue weighted by molar-refractivity contribution is 5.89. The average Bonchev–Trinajstić information content (AvgIpc) is 2.63. The number of hydrogen-bond donors (Lipinski definition) is 1. The van der Waals surface area contributed by atoms with Gasteiger partial charge in [-0.3, -0.25) is 14.9 Å². The van der Waals surface area contributed by atoms with Gasteiger partial charge in [-0.15, -0.1) is 0 Å². The van der Waals surface area contributed by atoms with Gasteiger partial charge in [-0.05, 0) is 18.9 Å². The highest BCUT2D eigenvalue weighted by Gasteiger charge is 2.19. The van der Waals surface area contributed by atoms with E-state index < -0.39 is 10.5 Å². The summed E-state index contributed by atoms with van der Waals surface area (Å²) in [5.74, 6) is -0.318. The first kappa shape index (κ1) is 19.8. The van der Waals surface area contributed by atoms with Crippen molar-refractivity contribution >= 4 is 16.6 Å². The molecule has 1 aromatic heterocycles. The van der Waals surface area contributed by atoms with E-state index in [2.05, 4.69) is 6.92 Å². The van der Waals surface area contributed by atoms with E-state index in [1.165, 1.54) is 22.8 Å². The predicted molar refractivity (Wildman–Crippen MR) is 101 cm³/mol. The Morgan fingerprint density at radius 1 is 1.15 bits per heavy atom. The van der Waals surface area contributed by atoms with Gasteiger partial charge in [0.1, 0.15) is 0 Å². The van der Waals surface area contributed by atoms with Crippen LogP contribution in [0, 0.1) is 10.1 Å². The highest BCUT2D eigenvalue weighted by Crippen LogP contribution is 2.33. The molecule has 7 heteroatoms. The third-order valence-corrected chi connectivity index (χ3v) is 4.37. The first-order chi connectivity index (χ1) is 12.5. The third-order valence-electron chi connectivity index (χ3n) is 4.37. The Hall–Kier alpha value is -2.57. The lowest BCUT2D eigenvalue weighted by molar-refractivity contribution is -0.384. The van der Waals surface area contributed by atoms with Gasteiger partial charge in [-0.1, -0.05) is 39.5 Å². The molecule has 2 aromatic rings. The normalized spacial score (nSPS) is 11.0. The topological polar surface area (TPSA) is 94.6 Å². The van der Waals surface area contributed by atoms with E-state index >= 15 is 0 Å². The second kappa shape index (κ2) is 9.22. The SMILES string of the molecule is CCCCCCOc1c(O)c2ccc([N+](=O)[O-])cc2n(CCCC)c1=O. The average molecular weight is 362 g/mol. The van der Waals surface area contributed by atoms with Crippen LogP contribution >= 0.6 is 0 Å². The van der Waals surface area contributed by atoms with Crippen molar-refractivity contribution in [2.45, 2.75) is 58.9 Å². The molecule has 0 aliphatic heterocycles. The Morgan fingerprint density at radius 3 is 2.54 bits per heavy atom. The summed E-state index contributed by atoms with van der Waals surface area (Å²) in [4.78, 5) is 23.4. The molecule has 0 saturated carbocycles. The smallest absolute Gasteiger partial charge is 0.297 e. The molecule has 7 nitrogen and oxygen atoms in total. The Labute approximate surface area is 152 Å². The van der Waals surface area contributed by atoms with Gasteiger partial charge >= 0.3 is 0 Å². The maximum absolute atomic E-state index is 12.8. The van der Waals surface area contributed by atoms with E-state index in [0.717, 1.165) is 38.5 Å². The molecule has 0 spiro atoms. The number of nitro groups is 1. The summed E-state index contributed by atoms with van der Waals surface area (Å²) in [6.45, 7) is 4.89. The number of hydrogen-bond acceptors (Lipinski definition) is 5. The summed E-state index contributed by atoms with van der Waals surface area (Å²) in [5.41, 5.74) is -0.206. The van der Waals surface area contributed by atoms with Crippen molar-refractivity contribution in [1.82, 2.24) is 4.57 Å². The minimum atomic E-state index is -0.511. The van der Waals surface area contributed by atoms with E-state index in [1.807, 2.05) is 6.92 Å². The van der Waals surface area contributed by atoms with Crippen LogP contribution in [-0.4, -0.2) is 21.2 Å². The number of nitrogens with zero attached hydrogens (tertiary/aromatic N) is 2. The number of aromatic hydroxyl groups is 1. The number of nitro benzene ring substituents is 1. The van der Waals surface area contributed by atoms with Crippen LogP contribution in [0.15, 0.2) is 23.0 Å². The number of pyridine rings is 1. The molecule has 0 aliphatic rings. The Bertz CT molecular complexity index is 829. The van der Waals surface area contributed by atoms with Crippen LogP contribution in [-0.2, 0) is 6.54 Å². The fourth-order valence-corrected chi connectivity index (χ4v) is 2.88. The summed E-state index contributed by atoms with van der Waals surface area (Å²) in [5, 5.41) is 22.0. The zero-order valence-corrected chi connectivity index (χ0v) is 15.4. The molecule has 0 aliphatic carbocycles. The van der Waals surface area contributed by atoms with Crippen molar-refractivity contribution in [3.63, 3.8) is 0 Å². The lowest BCUT2D eigenvalue weighted by Gasteiger charge is -2.15. The second-order valence-electron chi connectivity index (χ2n) is 6.36. The summed E-state index contributed by atoms with van der Waals surface area (Å²) in [7, 11) is 0. The molecule has 26 heavy (non-hydrogen) atoms. The number of non-ortho nitro benzene ring substituents is 1. The maximum atomic E-state index is 12.8. The fourth-order valence-electron chi connectivity index (χ4n) is 2.88. The van der Waals surface area contributed by atoms with Crippen LogP contribution in [0.4, 0.5) is 5.69 Å². The summed E-state index contributed by atoms with van der Waals surface area (Å²) in [6.07, 6.45) is 5.62. The number of unbranched alkanes of at least 4 members (excludes halogenated alkanes) is 4. The van der Waals surface area contributed by atoms with E-state index in [4.69, 9.17) is 4.74 Å². The lowest BCUT2D eigenvalue weighted by Crippen LogP contribution is -2.23. The molecule has 0 unspecified atom stereocenters. The first-order valence-corrected chi connectivity index (χ1v) is 9.17. The quantitative estimate of drug-likeness (QED) is 0.384. The number of rotatable bonds is 10. The Balaban J connectivity index is 2.47. The monoisotopic (exact) mass is 362 g/mol. The Morgan fingerprint density at radius 2 is 1.88 bits per heavy atom. The second-order valence-corrected chi connectivity index (χ2v) is 6.36. The highest BCUT2D eigenvalue weighted by atomic mass is 16.6. The van der Waals surface area contributed by atoms with Crippen molar-refractivity contribution in [3.8, 4) is 11.5 Å². The maximum Gasteiger partial charge on any atom is 0.297 e. The molecule has 0 amide bonds. The number of benzene rings is 1. The van der Waals surface area contributed by atoms with Crippen LogP contribution in [0.2, 0.25) is 0 Å². The van der Waals surface area contributed by atoms with Crippen molar-refractivity contribution in [1.29, 1.82) is 0 Å². The standard InChI is InChI=1S/C19H26N2O5/c1-3-5-7-8-12-26-18-17(22)15-10-9-14(21(24)25)13-16(15)20(19(18)23)11-6-4-2/h9-10,13,22H,3-8,11-12H2,1-2H3. The van der Waals surface area contributed by atoms with Crippen molar-refractivity contribution < 1.29 is 14.8 Å². The molecule has 2 rings (SSSR count). The van der Waals surface area contributed by atoms with Gasteiger partial charge in [-0.2, -0.15) is 0 Å². The number of aromatic nitrogens is 1. The van der Waals surface area contributed by atoms with Gasteiger partial charge in [0, 0.05) is 24.1 Å². The first-order valence-electron chi connectivity index (χ1n) is 9.17. The molecule has 0 bridgehead atoms. The third kappa shape index (κ3) is 4.33. The molecule has 0 saturated heterocycles. The number of fused-ring (bicyclic) bond motifs is 1. The van der Waals surface area contributed by atoms with Gasteiger partial charge in [0.05, 0.1) is 17.0 Å². The largest absolute Gasteiger partial charge is 0.504 e. The predicted octanol–water partition coefficient (Wildman–Crippen LogP) is 4.37. The minimum Gasteiger partial charge on any atom is -0.504 e. The van der Waals surface area contributed by atoms with Crippen molar-refractivity contribution in [3.05, 3.63) is 38.7 Å². The molecule has 0 fully saturated rings. The molecule has 142 valence electrons. The molecule has 0 radical (unpaired) electrons. The minimum absolute atomic E-state index is 0.0704. The van der Waals surface area contributed by atoms with E-state index in [9.17, 15) is 20.0 Å². The molecular weight excluding hydrogens is 336 g/mol. The van der Waals surface area contributed by atoms with Crippen LogP contribution in [0.25, 0.3) is 10.9 Å². The van der Waals surface area contributed by atoms with Gasteiger partial charge in [0.2, 0.25) is 5.75 Å². The molecule has 1 N–H and O–H groups in total. The molecule has 1 heterocycles. The zero-order valence-electron chi connectivity index (χ0n) is 15.4. The van der Waals surface area contributed by atoms with Gasteiger partial charge in [0.25, 0.3) is 11.2 Å². The van der Waals surface area contributed by atoms with Crippen molar-refractivity contribution in [2.75, 3.05) is 6.61 Å². The van der Waals surface area contributed by atoms with Crippen LogP contribution < -0.4 is 10.3 Å². The Kier molecular flexibility index (Phi) is 7.00. The summed E-state index contributed by atoms with van der Waals surface area (Å²) >= 11 is 0. The summed E-state index contributed by atoms with van der Waals surface area (Å²) in [6, 6.07) is 4.12. The van der Waals surface area contributed by atoms with Crippen LogP contribution in [0.3, 0.4) is 0 Å². The van der Waals surface area contributed by atoms with E-state index in [-0.39, 0.29) is 17.2 Å². The molecule has 0 atom stereocenters. The van der Waals surface area contributed by atoms with E-state index in [1.54, 1.807) is 0 Å². The van der Waals surface area contributed by atoms with Crippen molar-refractivity contribution in [2.24, 2.45) is 0 Å². The van der Waals surface area contributed by atoms with Gasteiger partial charge in [0.15, 0.2) is 5.75 Å². The van der Waals surface area contributed by atoms with Gasteiger partial charge in [-0.25, -0.2) is 0 Å². The zero-order chi connectivity index (χ0) is 19.1. The fraction of sp³-hybridized carbons (Fsp3) is 0.526. The lowest BCUT2D eigenvalue weighted by atomic mass is 10.1. The molecular formula is C19H26N2O5. The molecule has 1 aromatic carbocycles. The number of ether oxygens (including phenoxy) is 1. The van der Waals surface area contributed by atoms with Crippen LogP contribution in [0.1, 0.15) is 52.4 Å². The van der Waals surface area contributed by atoms with Gasteiger partial charge < -0.3 is 14.4 Å². The van der Waals surface area contributed by atoms with E-state index in [0.29, 0.717) is 24.1 Å².